The van der Waals surface area contributed by atoms with E-state index in [0.717, 1.165) is 19.0 Å². The van der Waals surface area contributed by atoms with E-state index < -0.39 is 0 Å². The van der Waals surface area contributed by atoms with Crippen molar-refractivity contribution in [1.82, 2.24) is 15.0 Å². The maximum Gasteiger partial charge on any atom is 0.231 e. The van der Waals surface area contributed by atoms with Crippen LogP contribution in [0.5, 0.6) is 0 Å². The van der Waals surface area contributed by atoms with Gasteiger partial charge in [-0.2, -0.15) is 15.0 Å². The van der Waals surface area contributed by atoms with Crippen molar-refractivity contribution in [1.29, 1.82) is 0 Å². The van der Waals surface area contributed by atoms with Gasteiger partial charge < -0.3 is 10.2 Å². The van der Waals surface area contributed by atoms with Crippen molar-refractivity contribution in [2.75, 3.05) is 23.3 Å². The predicted octanol–water partition coefficient (Wildman–Crippen LogP) is 2.87. The molecule has 1 aliphatic carbocycles. The van der Waals surface area contributed by atoms with E-state index >= 15 is 0 Å². The Morgan fingerprint density at radius 1 is 0.947 bits per heavy atom. The van der Waals surface area contributed by atoms with E-state index in [1.165, 1.54) is 44.9 Å². The molecule has 2 aliphatic rings. The molecule has 1 N–H and O–H groups in total. The Labute approximate surface area is 118 Å². The SMILES string of the molecule is Clc1nc(NC2CCCC2)nc(N2CCCCC2)n1. The Bertz CT molecular complexity index is 427. The summed E-state index contributed by atoms with van der Waals surface area (Å²) in [5.74, 6) is 1.35. The third kappa shape index (κ3) is 3.26. The van der Waals surface area contributed by atoms with Gasteiger partial charge in [0.15, 0.2) is 0 Å². The highest BCUT2D eigenvalue weighted by molar-refractivity contribution is 6.28. The molecule has 6 heteroatoms. The molecule has 1 saturated carbocycles. The highest BCUT2D eigenvalue weighted by Gasteiger charge is 2.19. The Balaban J connectivity index is 1.74. The topological polar surface area (TPSA) is 53.9 Å². The summed E-state index contributed by atoms with van der Waals surface area (Å²) in [5, 5.41) is 3.68. The molecule has 3 rings (SSSR count). The smallest absolute Gasteiger partial charge is 0.231 e. The number of halogens is 1. The van der Waals surface area contributed by atoms with E-state index in [0.29, 0.717) is 12.0 Å². The predicted molar refractivity (Wildman–Crippen MR) is 76.8 cm³/mol. The first-order valence-corrected chi connectivity index (χ1v) is 7.62. The molecular formula is C13H20ClN5. The maximum atomic E-state index is 6.03. The van der Waals surface area contributed by atoms with Crippen molar-refractivity contribution < 1.29 is 0 Å². The van der Waals surface area contributed by atoms with Crippen LogP contribution in [0.4, 0.5) is 11.9 Å². The number of hydrogen-bond acceptors (Lipinski definition) is 5. The molecule has 2 fully saturated rings. The average molecular weight is 282 g/mol. The Kier molecular flexibility index (Phi) is 4.01. The second-order valence-corrected chi connectivity index (χ2v) is 5.74. The number of aromatic nitrogens is 3. The molecule has 1 aromatic rings. The summed E-state index contributed by atoms with van der Waals surface area (Å²) in [6.07, 6.45) is 8.67. The van der Waals surface area contributed by atoms with Gasteiger partial charge in [0, 0.05) is 19.1 Å². The molecule has 1 aromatic heterocycles. The summed E-state index contributed by atoms with van der Waals surface area (Å²) in [6, 6.07) is 0.493. The first-order valence-electron chi connectivity index (χ1n) is 7.24. The third-order valence-corrected chi connectivity index (χ3v) is 4.09. The van der Waals surface area contributed by atoms with Gasteiger partial charge in [-0.3, -0.25) is 0 Å². The second kappa shape index (κ2) is 5.90. The summed E-state index contributed by atoms with van der Waals surface area (Å²) < 4.78 is 0. The number of piperidine rings is 1. The lowest BCUT2D eigenvalue weighted by Crippen LogP contribution is -2.31. The number of nitrogens with zero attached hydrogens (tertiary/aromatic N) is 4. The summed E-state index contributed by atoms with van der Waals surface area (Å²) in [4.78, 5) is 15.2. The van der Waals surface area contributed by atoms with Crippen molar-refractivity contribution in [2.45, 2.75) is 51.0 Å². The van der Waals surface area contributed by atoms with Crippen LogP contribution in [0.1, 0.15) is 44.9 Å². The highest BCUT2D eigenvalue weighted by atomic mass is 35.5. The number of nitrogens with one attached hydrogen (secondary N) is 1. The first-order chi connectivity index (χ1) is 9.31. The fourth-order valence-electron chi connectivity index (χ4n) is 2.89. The zero-order valence-corrected chi connectivity index (χ0v) is 11.9. The van der Waals surface area contributed by atoms with Gasteiger partial charge in [0.1, 0.15) is 0 Å². The molecule has 0 amide bonds. The Morgan fingerprint density at radius 3 is 2.42 bits per heavy atom. The molecule has 0 atom stereocenters. The average Bonchev–Trinajstić information content (AvgIpc) is 2.92. The zero-order chi connectivity index (χ0) is 13.1. The fraction of sp³-hybridized carbons (Fsp3) is 0.769. The molecule has 2 heterocycles. The maximum absolute atomic E-state index is 6.03. The molecule has 0 unspecified atom stereocenters. The summed E-state index contributed by atoms with van der Waals surface area (Å²) in [7, 11) is 0. The molecule has 0 spiro atoms. The summed E-state index contributed by atoms with van der Waals surface area (Å²) >= 11 is 6.03. The van der Waals surface area contributed by atoms with Crippen LogP contribution in [-0.2, 0) is 0 Å². The van der Waals surface area contributed by atoms with Crippen LogP contribution in [0.25, 0.3) is 0 Å². The van der Waals surface area contributed by atoms with E-state index in [9.17, 15) is 0 Å². The minimum Gasteiger partial charge on any atom is -0.351 e. The fourth-order valence-corrected chi connectivity index (χ4v) is 3.05. The number of hydrogen-bond donors (Lipinski definition) is 1. The van der Waals surface area contributed by atoms with Gasteiger partial charge in [-0.1, -0.05) is 12.8 Å². The Morgan fingerprint density at radius 2 is 1.68 bits per heavy atom. The van der Waals surface area contributed by atoms with Gasteiger partial charge in [-0.05, 0) is 43.7 Å². The molecule has 1 aliphatic heterocycles. The van der Waals surface area contributed by atoms with Crippen LogP contribution in [0.15, 0.2) is 0 Å². The van der Waals surface area contributed by atoms with E-state index in [1.54, 1.807) is 0 Å². The van der Waals surface area contributed by atoms with Crippen LogP contribution in [0.2, 0.25) is 5.28 Å². The van der Waals surface area contributed by atoms with E-state index in [1.807, 2.05) is 0 Å². The molecule has 0 radical (unpaired) electrons. The van der Waals surface area contributed by atoms with Gasteiger partial charge in [0.25, 0.3) is 0 Å². The van der Waals surface area contributed by atoms with Crippen LogP contribution >= 0.6 is 11.6 Å². The molecule has 19 heavy (non-hydrogen) atoms. The van der Waals surface area contributed by atoms with Crippen molar-refractivity contribution >= 4 is 23.5 Å². The largest absolute Gasteiger partial charge is 0.351 e. The lowest BCUT2D eigenvalue weighted by Gasteiger charge is -2.26. The van der Waals surface area contributed by atoms with Crippen molar-refractivity contribution in [3.63, 3.8) is 0 Å². The standard InChI is InChI=1S/C13H20ClN5/c14-11-16-12(15-10-6-2-3-7-10)18-13(17-11)19-8-4-1-5-9-19/h10H,1-9H2,(H,15,16,17,18). The molecule has 0 bridgehead atoms. The van der Waals surface area contributed by atoms with Crippen LogP contribution < -0.4 is 10.2 Å². The van der Waals surface area contributed by atoms with Gasteiger partial charge in [-0.15, -0.1) is 0 Å². The van der Waals surface area contributed by atoms with Crippen LogP contribution in [-0.4, -0.2) is 34.1 Å². The van der Waals surface area contributed by atoms with E-state index in [-0.39, 0.29) is 5.28 Å². The molecule has 1 saturated heterocycles. The van der Waals surface area contributed by atoms with Gasteiger partial charge in [0.2, 0.25) is 17.2 Å². The summed E-state index contributed by atoms with van der Waals surface area (Å²) in [6.45, 7) is 2.03. The molecule has 104 valence electrons. The first kappa shape index (κ1) is 12.9. The minimum atomic E-state index is 0.288. The zero-order valence-electron chi connectivity index (χ0n) is 11.1. The summed E-state index contributed by atoms with van der Waals surface area (Å²) in [5.41, 5.74) is 0. The number of rotatable bonds is 3. The van der Waals surface area contributed by atoms with Gasteiger partial charge >= 0.3 is 0 Å². The second-order valence-electron chi connectivity index (χ2n) is 5.40. The lowest BCUT2D eigenvalue weighted by molar-refractivity contribution is 0.567. The van der Waals surface area contributed by atoms with Crippen molar-refractivity contribution in [3.05, 3.63) is 5.28 Å². The normalized spacial score (nSPS) is 20.8. The quantitative estimate of drug-likeness (QED) is 0.923. The van der Waals surface area contributed by atoms with Crippen molar-refractivity contribution in [3.8, 4) is 0 Å². The lowest BCUT2D eigenvalue weighted by atomic mass is 10.1. The highest BCUT2D eigenvalue weighted by Crippen LogP contribution is 2.23. The van der Waals surface area contributed by atoms with Crippen LogP contribution in [0.3, 0.4) is 0 Å². The minimum absolute atomic E-state index is 0.288. The monoisotopic (exact) mass is 281 g/mol. The van der Waals surface area contributed by atoms with Crippen molar-refractivity contribution in [2.24, 2.45) is 0 Å². The molecule has 5 nitrogen and oxygen atoms in total. The third-order valence-electron chi connectivity index (χ3n) is 3.92. The van der Waals surface area contributed by atoms with E-state index in [2.05, 4.69) is 25.2 Å². The molecular weight excluding hydrogens is 262 g/mol. The van der Waals surface area contributed by atoms with Crippen LogP contribution in [0, 0.1) is 0 Å². The van der Waals surface area contributed by atoms with Gasteiger partial charge in [-0.25, -0.2) is 0 Å². The van der Waals surface area contributed by atoms with Gasteiger partial charge in [0.05, 0.1) is 0 Å². The van der Waals surface area contributed by atoms with E-state index in [4.69, 9.17) is 11.6 Å². The number of anilines is 2. The Hall–Kier alpha value is -1.10. The molecule has 0 aromatic carbocycles.